The molecular weight excluding hydrogens is 126 g/mol. The van der Waals surface area contributed by atoms with Crippen LogP contribution in [0, 0.1) is 0 Å². The summed E-state index contributed by atoms with van der Waals surface area (Å²) in [6, 6.07) is 0. The number of hydrogen-bond acceptors (Lipinski definition) is 1. The number of unbranched alkanes of at least 4 members (excludes halogenated alkanes) is 2. The van der Waals surface area contributed by atoms with Gasteiger partial charge >= 0.3 is 0 Å². The third-order valence-electron chi connectivity index (χ3n) is 1.62. The minimum absolute atomic E-state index is 0.0304. The maximum absolute atomic E-state index is 10.1. The Balaban J connectivity index is 2.97. The monoisotopic (exact) mass is 144 g/mol. The largest absolute Gasteiger partial charge is 0.304 e. The molecular formula is C8H18NO. The molecule has 0 amide bonds. The van der Waals surface area contributed by atoms with E-state index in [9.17, 15) is 5.11 Å². The van der Waals surface area contributed by atoms with Crippen molar-refractivity contribution in [2.45, 2.75) is 26.2 Å². The molecule has 0 unspecified atom stereocenters. The Kier molecular flexibility index (Phi) is 6.98. The Labute approximate surface area is 63.8 Å². The lowest BCUT2D eigenvalue weighted by Gasteiger charge is -2.13. The van der Waals surface area contributed by atoms with Crippen molar-refractivity contribution < 1.29 is 5.11 Å². The molecule has 0 N–H and O–H groups in total. The number of nitrogens with zero attached hydrogens (tertiary/aromatic N) is 1. The van der Waals surface area contributed by atoms with Crippen molar-refractivity contribution in [3.63, 3.8) is 0 Å². The van der Waals surface area contributed by atoms with Gasteiger partial charge in [-0.2, -0.15) is 0 Å². The van der Waals surface area contributed by atoms with Crippen LogP contribution in [0.2, 0.25) is 0 Å². The van der Waals surface area contributed by atoms with E-state index in [1.807, 2.05) is 7.05 Å². The Morgan fingerprint density at radius 2 is 1.90 bits per heavy atom. The molecule has 0 spiro atoms. The highest BCUT2D eigenvalue weighted by molar-refractivity contribution is 4.49. The van der Waals surface area contributed by atoms with Crippen molar-refractivity contribution >= 4 is 0 Å². The van der Waals surface area contributed by atoms with Gasteiger partial charge in [0.15, 0.2) is 0 Å². The topological polar surface area (TPSA) is 23.1 Å². The first kappa shape index (κ1) is 9.92. The van der Waals surface area contributed by atoms with E-state index < -0.39 is 0 Å². The summed E-state index contributed by atoms with van der Waals surface area (Å²) < 4.78 is 0. The van der Waals surface area contributed by atoms with Crippen molar-refractivity contribution in [3.8, 4) is 0 Å². The van der Waals surface area contributed by atoms with Crippen molar-refractivity contribution in [2.24, 2.45) is 0 Å². The molecule has 0 aromatic heterocycles. The second-order valence-corrected chi connectivity index (χ2v) is 2.71. The molecule has 0 rings (SSSR count). The summed E-state index contributed by atoms with van der Waals surface area (Å²) in [5.74, 6) is 0. The van der Waals surface area contributed by atoms with Crippen molar-refractivity contribution in [2.75, 3.05) is 26.7 Å². The van der Waals surface area contributed by atoms with Crippen LogP contribution in [0.1, 0.15) is 26.2 Å². The van der Waals surface area contributed by atoms with E-state index >= 15 is 0 Å². The minimum atomic E-state index is 0.0304. The smallest absolute Gasteiger partial charge is 0.0949 e. The van der Waals surface area contributed by atoms with Gasteiger partial charge in [0.05, 0.1) is 6.61 Å². The zero-order chi connectivity index (χ0) is 7.82. The Bertz CT molecular complexity index is 66.3. The van der Waals surface area contributed by atoms with Crippen molar-refractivity contribution in [1.29, 1.82) is 0 Å². The van der Waals surface area contributed by atoms with Crippen LogP contribution in [0.5, 0.6) is 0 Å². The van der Waals surface area contributed by atoms with Gasteiger partial charge in [-0.25, -0.2) is 5.11 Å². The van der Waals surface area contributed by atoms with Crippen molar-refractivity contribution in [3.05, 3.63) is 0 Å². The summed E-state index contributed by atoms with van der Waals surface area (Å²) in [6.07, 6.45) is 3.77. The van der Waals surface area contributed by atoms with Crippen LogP contribution >= 0.6 is 0 Å². The minimum Gasteiger partial charge on any atom is -0.304 e. The quantitative estimate of drug-likeness (QED) is 0.518. The lowest BCUT2D eigenvalue weighted by molar-refractivity contribution is 0.153. The molecule has 2 nitrogen and oxygen atoms in total. The molecule has 0 bridgehead atoms. The normalized spacial score (nSPS) is 10.8. The van der Waals surface area contributed by atoms with Crippen LogP contribution in [-0.2, 0) is 5.11 Å². The van der Waals surface area contributed by atoms with Gasteiger partial charge in [-0.05, 0) is 20.0 Å². The van der Waals surface area contributed by atoms with Gasteiger partial charge in [0.2, 0.25) is 0 Å². The highest BCUT2D eigenvalue weighted by Crippen LogP contribution is 1.95. The molecule has 61 valence electrons. The van der Waals surface area contributed by atoms with Crippen LogP contribution in [0.15, 0.2) is 0 Å². The number of hydrogen-bond donors (Lipinski definition) is 0. The first-order chi connectivity index (χ1) is 4.81. The predicted octanol–water partition coefficient (Wildman–Crippen LogP) is 1.54. The standard InChI is InChI=1S/C8H18NO/c1-3-4-5-6-9(2)7-8-10/h3-8H2,1-2H3. The van der Waals surface area contributed by atoms with E-state index in [-0.39, 0.29) is 6.61 Å². The Morgan fingerprint density at radius 3 is 2.40 bits per heavy atom. The van der Waals surface area contributed by atoms with Crippen LogP contribution in [0.4, 0.5) is 0 Å². The van der Waals surface area contributed by atoms with Gasteiger partial charge < -0.3 is 4.90 Å². The zero-order valence-corrected chi connectivity index (χ0v) is 7.10. The molecule has 0 atom stereocenters. The number of rotatable bonds is 6. The summed E-state index contributed by atoms with van der Waals surface area (Å²) in [6.45, 7) is 4.00. The molecule has 0 aliphatic heterocycles. The molecule has 0 aliphatic carbocycles. The van der Waals surface area contributed by atoms with Gasteiger partial charge in [-0.1, -0.05) is 19.8 Å². The lowest BCUT2D eigenvalue weighted by atomic mass is 10.2. The number of likely N-dealkylation sites (N-methyl/N-ethyl adjacent to an activating group) is 1. The van der Waals surface area contributed by atoms with E-state index in [0.717, 1.165) is 6.54 Å². The summed E-state index contributed by atoms with van der Waals surface area (Å²) in [4.78, 5) is 2.10. The van der Waals surface area contributed by atoms with Crippen LogP contribution in [0.3, 0.4) is 0 Å². The fourth-order valence-electron chi connectivity index (χ4n) is 0.899. The third kappa shape index (κ3) is 6.05. The summed E-state index contributed by atoms with van der Waals surface area (Å²) in [5.41, 5.74) is 0. The SMILES string of the molecule is CCCCCN(C)CC[O]. The zero-order valence-electron chi connectivity index (χ0n) is 7.10. The van der Waals surface area contributed by atoms with Gasteiger partial charge in [0, 0.05) is 6.54 Å². The molecule has 0 aromatic carbocycles. The van der Waals surface area contributed by atoms with Gasteiger partial charge in [-0.3, -0.25) is 0 Å². The highest BCUT2D eigenvalue weighted by Gasteiger charge is 1.94. The molecule has 0 saturated heterocycles. The molecule has 0 aromatic rings. The van der Waals surface area contributed by atoms with Crippen LogP contribution in [0.25, 0.3) is 0 Å². The average molecular weight is 144 g/mol. The van der Waals surface area contributed by atoms with Gasteiger partial charge in [-0.15, -0.1) is 0 Å². The first-order valence-corrected chi connectivity index (χ1v) is 4.08. The first-order valence-electron chi connectivity index (χ1n) is 4.08. The van der Waals surface area contributed by atoms with Crippen LogP contribution in [-0.4, -0.2) is 31.6 Å². The lowest BCUT2D eigenvalue weighted by Crippen LogP contribution is -2.22. The second-order valence-electron chi connectivity index (χ2n) is 2.71. The summed E-state index contributed by atoms with van der Waals surface area (Å²) >= 11 is 0. The van der Waals surface area contributed by atoms with E-state index in [4.69, 9.17) is 0 Å². The van der Waals surface area contributed by atoms with E-state index in [2.05, 4.69) is 11.8 Å². The molecule has 1 radical (unpaired) electrons. The Morgan fingerprint density at radius 1 is 1.20 bits per heavy atom. The fourth-order valence-corrected chi connectivity index (χ4v) is 0.899. The van der Waals surface area contributed by atoms with E-state index in [1.54, 1.807) is 0 Å². The molecule has 0 fully saturated rings. The van der Waals surface area contributed by atoms with Crippen LogP contribution < -0.4 is 0 Å². The van der Waals surface area contributed by atoms with Crippen molar-refractivity contribution in [1.82, 2.24) is 4.90 Å². The van der Waals surface area contributed by atoms with E-state index in [0.29, 0.717) is 6.54 Å². The fraction of sp³-hybridized carbons (Fsp3) is 1.00. The predicted molar refractivity (Wildman–Crippen MR) is 42.6 cm³/mol. The summed E-state index contributed by atoms with van der Waals surface area (Å²) in [7, 11) is 2.01. The van der Waals surface area contributed by atoms with E-state index in [1.165, 1.54) is 19.3 Å². The Hall–Kier alpha value is -0.0800. The maximum Gasteiger partial charge on any atom is 0.0949 e. The second kappa shape index (κ2) is 7.03. The molecule has 0 heterocycles. The maximum atomic E-state index is 10.1. The van der Waals surface area contributed by atoms with Gasteiger partial charge in [0.25, 0.3) is 0 Å². The average Bonchev–Trinajstić information content (AvgIpc) is 1.89. The third-order valence-corrected chi connectivity index (χ3v) is 1.62. The molecule has 10 heavy (non-hydrogen) atoms. The molecule has 0 aliphatic rings. The molecule has 2 heteroatoms. The highest BCUT2D eigenvalue weighted by atomic mass is 16.3. The summed E-state index contributed by atoms with van der Waals surface area (Å²) in [5, 5.41) is 10.1. The van der Waals surface area contributed by atoms with Gasteiger partial charge in [0.1, 0.15) is 0 Å². The molecule has 0 saturated carbocycles.